The summed E-state index contributed by atoms with van der Waals surface area (Å²) in [5.41, 5.74) is 0.701. The van der Waals surface area contributed by atoms with Crippen molar-refractivity contribution in [3.05, 3.63) is 70.8 Å². The summed E-state index contributed by atoms with van der Waals surface area (Å²) in [6.07, 6.45) is -3.36. The highest BCUT2D eigenvalue weighted by Gasteiger charge is 2.35. The van der Waals surface area contributed by atoms with E-state index in [9.17, 15) is 22.8 Å². The number of halogens is 3. The molecule has 0 atom stereocenters. The molecule has 27 heavy (non-hydrogen) atoms. The topological polar surface area (TPSA) is 82.0 Å². The molecule has 0 aliphatic carbocycles. The Kier molecular flexibility index (Phi) is 6.30. The van der Waals surface area contributed by atoms with Crippen molar-refractivity contribution in [2.45, 2.75) is 13.1 Å². The summed E-state index contributed by atoms with van der Waals surface area (Å²) in [4.78, 5) is 23.7. The normalized spacial score (nSPS) is 11.4. The van der Waals surface area contributed by atoms with Gasteiger partial charge in [0.2, 0.25) is 0 Å². The number of alkyl halides is 3. The quantitative estimate of drug-likeness (QED) is 0.475. The minimum absolute atomic E-state index is 0.0620. The molecule has 0 unspecified atom stereocenters. The lowest BCUT2D eigenvalue weighted by Crippen LogP contribution is -2.28. The van der Waals surface area contributed by atoms with Crippen LogP contribution in [0.3, 0.4) is 0 Å². The van der Waals surface area contributed by atoms with E-state index in [1.807, 2.05) is 0 Å². The standard InChI is InChI=1S/C18H16F3N3O3/c1-2-24(17(26)14-5-3-4-6-15(14)18(19,20)21)22-11-12-7-9-13(10-8-12)16(25)23-27/h3-11,27H,2H2,1H3,(H,23,25). The number of hydrogen-bond donors (Lipinski definition) is 2. The Morgan fingerprint density at radius 2 is 1.78 bits per heavy atom. The minimum Gasteiger partial charge on any atom is -0.288 e. The van der Waals surface area contributed by atoms with Gasteiger partial charge in [0.1, 0.15) is 0 Å². The van der Waals surface area contributed by atoms with Crippen LogP contribution in [0.15, 0.2) is 53.6 Å². The Morgan fingerprint density at radius 3 is 2.33 bits per heavy atom. The molecule has 0 saturated carbocycles. The van der Waals surface area contributed by atoms with Gasteiger partial charge in [-0.05, 0) is 36.8 Å². The summed E-state index contributed by atoms with van der Waals surface area (Å²) >= 11 is 0. The maximum atomic E-state index is 13.1. The smallest absolute Gasteiger partial charge is 0.288 e. The molecule has 142 valence electrons. The molecule has 0 radical (unpaired) electrons. The molecule has 9 heteroatoms. The fourth-order valence-electron chi connectivity index (χ4n) is 2.26. The lowest BCUT2D eigenvalue weighted by atomic mass is 10.1. The molecule has 2 aromatic rings. The van der Waals surface area contributed by atoms with Gasteiger partial charge in [-0.3, -0.25) is 14.8 Å². The van der Waals surface area contributed by atoms with Crippen LogP contribution in [0.5, 0.6) is 0 Å². The monoisotopic (exact) mass is 379 g/mol. The summed E-state index contributed by atoms with van der Waals surface area (Å²) in [5, 5.41) is 13.4. The van der Waals surface area contributed by atoms with Crippen LogP contribution in [0.25, 0.3) is 0 Å². The number of hydroxylamine groups is 1. The van der Waals surface area contributed by atoms with Gasteiger partial charge in [-0.25, -0.2) is 10.5 Å². The Hall–Kier alpha value is -3.20. The predicted molar refractivity (Wildman–Crippen MR) is 91.4 cm³/mol. The molecule has 0 fully saturated rings. The zero-order chi connectivity index (χ0) is 20.0. The first-order chi connectivity index (χ1) is 12.8. The average Bonchev–Trinajstić information content (AvgIpc) is 2.67. The number of nitrogens with one attached hydrogen (secondary N) is 1. The van der Waals surface area contributed by atoms with E-state index in [1.54, 1.807) is 6.92 Å². The molecule has 0 aliphatic rings. The molecule has 2 amide bonds. The third-order valence-corrected chi connectivity index (χ3v) is 3.62. The van der Waals surface area contributed by atoms with Crippen LogP contribution in [-0.4, -0.2) is 34.8 Å². The molecular weight excluding hydrogens is 363 g/mol. The molecule has 0 spiro atoms. The first-order valence-corrected chi connectivity index (χ1v) is 7.84. The Morgan fingerprint density at radius 1 is 1.15 bits per heavy atom. The van der Waals surface area contributed by atoms with Crippen molar-refractivity contribution in [2.24, 2.45) is 5.10 Å². The first-order valence-electron chi connectivity index (χ1n) is 7.84. The molecule has 6 nitrogen and oxygen atoms in total. The van der Waals surface area contributed by atoms with Gasteiger partial charge in [0.15, 0.2) is 0 Å². The molecule has 0 aromatic heterocycles. The van der Waals surface area contributed by atoms with Gasteiger partial charge in [-0.1, -0.05) is 24.3 Å². The first kappa shape index (κ1) is 20.1. The van der Waals surface area contributed by atoms with Gasteiger partial charge in [-0.15, -0.1) is 0 Å². The largest absolute Gasteiger partial charge is 0.417 e. The van der Waals surface area contributed by atoms with E-state index >= 15 is 0 Å². The molecular formula is C18H16F3N3O3. The van der Waals surface area contributed by atoms with Crippen LogP contribution >= 0.6 is 0 Å². The van der Waals surface area contributed by atoms with E-state index < -0.39 is 29.1 Å². The molecule has 2 aromatic carbocycles. The van der Waals surface area contributed by atoms with E-state index in [2.05, 4.69) is 5.10 Å². The van der Waals surface area contributed by atoms with Crippen molar-refractivity contribution in [1.29, 1.82) is 0 Å². The second-order valence-electron chi connectivity index (χ2n) is 5.37. The average molecular weight is 379 g/mol. The molecule has 0 saturated heterocycles. The van der Waals surface area contributed by atoms with Crippen molar-refractivity contribution in [1.82, 2.24) is 10.5 Å². The van der Waals surface area contributed by atoms with Crippen LogP contribution in [0.4, 0.5) is 13.2 Å². The van der Waals surface area contributed by atoms with E-state index in [0.717, 1.165) is 17.1 Å². The predicted octanol–water partition coefficient (Wildman–Crippen LogP) is 3.32. The van der Waals surface area contributed by atoms with Crippen molar-refractivity contribution in [3.8, 4) is 0 Å². The van der Waals surface area contributed by atoms with Crippen LogP contribution < -0.4 is 5.48 Å². The van der Waals surface area contributed by atoms with E-state index in [-0.39, 0.29) is 12.1 Å². The molecule has 2 rings (SSSR count). The zero-order valence-corrected chi connectivity index (χ0v) is 14.2. The van der Waals surface area contributed by atoms with Crippen molar-refractivity contribution >= 4 is 18.0 Å². The molecule has 0 bridgehead atoms. The fraction of sp³-hybridized carbons (Fsp3) is 0.167. The number of benzene rings is 2. The summed E-state index contributed by atoms with van der Waals surface area (Å²) in [5.74, 6) is -1.56. The number of amides is 2. The number of carbonyl (C=O) groups excluding carboxylic acids is 2. The lowest BCUT2D eigenvalue weighted by Gasteiger charge is -2.18. The summed E-state index contributed by atoms with van der Waals surface area (Å²) in [6.45, 7) is 1.65. The van der Waals surface area contributed by atoms with Gasteiger partial charge in [-0.2, -0.15) is 18.3 Å². The van der Waals surface area contributed by atoms with Gasteiger partial charge in [0.05, 0.1) is 17.3 Å². The minimum atomic E-state index is -4.65. The second kappa shape index (κ2) is 8.45. The molecule has 0 aliphatic heterocycles. The number of hydrazone groups is 1. The lowest BCUT2D eigenvalue weighted by molar-refractivity contribution is -0.138. The van der Waals surface area contributed by atoms with E-state index in [1.165, 1.54) is 48.1 Å². The zero-order valence-electron chi connectivity index (χ0n) is 14.2. The maximum Gasteiger partial charge on any atom is 0.417 e. The number of carbonyl (C=O) groups is 2. The second-order valence-corrected chi connectivity index (χ2v) is 5.37. The number of hydrogen-bond acceptors (Lipinski definition) is 4. The van der Waals surface area contributed by atoms with Crippen molar-refractivity contribution in [3.63, 3.8) is 0 Å². The van der Waals surface area contributed by atoms with Gasteiger partial charge >= 0.3 is 6.18 Å². The summed E-state index contributed by atoms with van der Waals surface area (Å²) < 4.78 is 39.3. The molecule has 0 heterocycles. The summed E-state index contributed by atoms with van der Waals surface area (Å²) in [7, 11) is 0. The van der Waals surface area contributed by atoms with Gasteiger partial charge < -0.3 is 0 Å². The van der Waals surface area contributed by atoms with Crippen LogP contribution in [-0.2, 0) is 6.18 Å². The maximum absolute atomic E-state index is 13.1. The SMILES string of the molecule is CCN(N=Cc1ccc(C(=O)NO)cc1)C(=O)c1ccccc1C(F)(F)F. The van der Waals surface area contributed by atoms with Crippen LogP contribution in [0.2, 0.25) is 0 Å². The third-order valence-electron chi connectivity index (χ3n) is 3.62. The fourth-order valence-corrected chi connectivity index (χ4v) is 2.26. The Bertz CT molecular complexity index is 849. The highest BCUT2D eigenvalue weighted by atomic mass is 19.4. The van der Waals surface area contributed by atoms with E-state index in [0.29, 0.717) is 5.56 Å². The number of nitrogens with zero attached hydrogens (tertiary/aromatic N) is 2. The highest BCUT2D eigenvalue weighted by Crippen LogP contribution is 2.32. The van der Waals surface area contributed by atoms with Crippen LogP contribution in [0.1, 0.15) is 38.8 Å². The van der Waals surface area contributed by atoms with Crippen molar-refractivity contribution in [2.75, 3.05) is 6.54 Å². The van der Waals surface area contributed by atoms with Crippen molar-refractivity contribution < 1.29 is 28.0 Å². The van der Waals surface area contributed by atoms with E-state index in [4.69, 9.17) is 5.21 Å². The highest BCUT2D eigenvalue weighted by molar-refractivity contribution is 5.97. The third kappa shape index (κ3) is 4.91. The van der Waals surface area contributed by atoms with Gasteiger partial charge in [0, 0.05) is 12.1 Å². The Balaban J connectivity index is 2.24. The Labute approximate surface area is 152 Å². The van der Waals surface area contributed by atoms with Crippen LogP contribution in [0, 0.1) is 0 Å². The number of rotatable bonds is 5. The summed E-state index contributed by atoms with van der Waals surface area (Å²) in [6, 6.07) is 10.4. The van der Waals surface area contributed by atoms with Gasteiger partial charge in [0.25, 0.3) is 11.8 Å². The molecule has 2 N–H and O–H groups in total.